The lowest BCUT2D eigenvalue weighted by Crippen LogP contribution is -2.26. The third-order valence-electron chi connectivity index (χ3n) is 2.78. The van der Waals surface area contributed by atoms with Gasteiger partial charge in [-0.2, -0.15) is 0 Å². The van der Waals surface area contributed by atoms with E-state index in [9.17, 15) is 0 Å². The molecule has 17 heavy (non-hydrogen) atoms. The van der Waals surface area contributed by atoms with Gasteiger partial charge >= 0.3 is 0 Å². The summed E-state index contributed by atoms with van der Waals surface area (Å²) in [5.41, 5.74) is 6.97. The van der Waals surface area contributed by atoms with Crippen LogP contribution < -0.4 is 20.7 Å². The number of rotatable bonds is 3. The second kappa shape index (κ2) is 5.32. The van der Waals surface area contributed by atoms with Crippen LogP contribution in [-0.2, 0) is 4.74 Å². The lowest BCUT2D eigenvalue weighted by atomic mass is 9.95. The number of nitrogen functional groups attached to an aromatic ring is 1. The van der Waals surface area contributed by atoms with Crippen LogP contribution in [-0.4, -0.2) is 34.3 Å². The highest BCUT2D eigenvalue weighted by Crippen LogP contribution is 2.34. The van der Waals surface area contributed by atoms with Crippen LogP contribution in [0.1, 0.15) is 12.8 Å². The van der Waals surface area contributed by atoms with Gasteiger partial charge in [0.1, 0.15) is 14.0 Å². The van der Waals surface area contributed by atoms with Gasteiger partial charge in [0, 0.05) is 12.8 Å². The maximum absolute atomic E-state index is 5.90. The summed E-state index contributed by atoms with van der Waals surface area (Å²) in [5, 5.41) is 0. The van der Waals surface area contributed by atoms with Crippen molar-refractivity contribution >= 4 is 19.0 Å². The fourth-order valence-corrected chi connectivity index (χ4v) is 1.88. The first-order valence-corrected chi connectivity index (χ1v) is 5.68. The first kappa shape index (κ1) is 12.1. The standard InChI is InChI=1S/C12H16BNO3/c1-15-11-7-8(13)6-10(14)12(11)17-9-2-4-16-5-3-9/h6-7,9H,2-5,14H2,1H3. The molecule has 0 saturated carbocycles. The van der Waals surface area contributed by atoms with Crippen molar-refractivity contribution in [3.05, 3.63) is 12.1 Å². The molecule has 0 amide bonds. The maximum atomic E-state index is 5.90. The van der Waals surface area contributed by atoms with Crippen LogP contribution in [0.15, 0.2) is 12.1 Å². The Kier molecular flexibility index (Phi) is 3.79. The van der Waals surface area contributed by atoms with Gasteiger partial charge in [0.15, 0.2) is 11.5 Å². The summed E-state index contributed by atoms with van der Waals surface area (Å²) in [4.78, 5) is 0. The molecule has 1 aromatic rings. The quantitative estimate of drug-likeness (QED) is 0.614. The monoisotopic (exact) mass is 233 g/mol. The van der Waals surface area contributed by atoms with Gasteiger partial charge in [-0.1, -0.05) is 5.46 Å². The Morgan fingerprint density at radius 1 is 1.35 bits per heavy atom. The van der Waals surface area contributed by atoms with Crippen molar-refractivity contribution < 1.29 is 14.2 Å². The summed E-state index contributed by atoms with van der Waals surface area (Å²) in [7, 11) is 7.28. The maximum Gasteiger partial charge on any atom is 0.184 e. The van der Waals surface area contributed by atoms with Crippen molar-refractivity contribution in [1.82, 2.24) is 0 Å². The summed E-state index contributed by atoms with van der Waals surface area (Å²) in [6.07, 6.45) is 1.86. The fraction of sp³-hybridized carbons (Fsp3) is 0.500. The van der Waals surface area contributed by atoms with Crippen LogP contribution in [0.5, 0.6) is 11.5 Å². The van der Waals surface area contributed by atoms with Crippen molar-refractivity contribution in [3.8, 4) is 11.5 Å². The number of methoxy groups -OCH3 is 1. The lowest BCUT2D eigenvalue weighted by molar-refractivity contribution is 0.0249. The average Bonchev–Trinajstić information content (AvgIpc) is 2.33. The first-order chi connectivity index (χ1) is 8.20. The number of ether oxygens (including phenoxy) is 3. The number of nitrogens with two attached hydrogens (primary N) is 1. The van der Waals surface area contributed by atoms with E-state index in [0.717, 1.165) is 26.1 Å². The summed E-state index contributed by atoms with van der Waals surface area (Å²) in [5.74, 6) is 1.16. The van der Waals surface area contributed by atoms with E-state index in [4.69, 9.17) is 27.8 Å². The Morgan fingerprint density at radius 3 is 2.71 bits per heavy atom. The van der Waals surface area contributed by atoms with Gasteiger partial charge in [0.25, 0.3) is 0 Å². The van der Waals surface area contributed by atoms with Crippen molar-refractivity contribution in [2.24, 2.45) is 0 Å². The predicted octanol–water partition coefficient (Wildman–Crippen LogP) is 0.629. The van der Waals surface area contributed by atoms with Gasteiger partial charge in [0.2, 0.25) is 0 Å². The minimum atomic E-state index is 0.128. The molecule has 0 spiro atoms. The van der Waals surface area contributed by atoms with Gasteiger partial charge in [0.05, 0.1) is 26.0 Å². The van der Waals surface area contributed by atoms with E-state index in [1.54, 1.807) is 19.2 Å². The number of hydrogen-bond acceptors (Lipinski definition) is 4. The van der Waals surface area contributed by atoms with Crippen LogP contribution >= 0.6 is 0 Å². The number of anilines is 1. The van der Waals surface area contributed by atoms with Crippen LogP contribution in [0.2, 0.25) is 0 Å². The van der Waals surface area contributed by atoms with Crippen LogP contribution in [0.3, 0.4) is 0 Å². The van der Waals surface area contributed by atoms with Gasteiger partial charge in [-0.15, -0.1) is 0 Å². The van der Waals surface area contributed by atoms with Gasteiger partial charge in [-0.05, 0) is 12.1 Å². The topological polar surface area (TPSA) is 53.7 Å². The summed E-state index contributed by atoms with van der Waals surface area (Å²) < 4.78 is 16.4. The zero-order chi connectivity index (χ0) is 12.3. The molecule has 4 nitrogen and oxygen atoms in total. The molecule has 2 N–H and O–H groups in total. The van der Waals surface area contributed by atoms with E-state index in [1.165, 1.54) is 0 Å². The second-order valence-electron chi connectivity index (χ2n) is 4.07. The highest BCUT2D eigenvalue weighted by molar-refractivity contribution is 6.32. The summed E-state index contributed by atoms with van der Waals surface area (Å²) >= 11 is 0. The molecule has 2 rings (SSSR count). The third kappa shape index (κ3) is 2.85. The molecule has 1 heterocycles. The SMILES string of the molecule is [B]c1cc(N)c(OC2CCOCC2)c(OC)c1. The third-order valence-corrected chi connectivity index (χ3v) is 2.78. The van der Waals surface area contributed by atoms with Crippen LogP contribution in [0, 0.1) is 0 Å². The minimum Gasteiger partial charge on any atom is -0.493 e. The second-order valence-corrected chi connectivity index (χ2v) is 4.07. The lowest BCUT2D eigenvalue weighted by Gasteiger charge is -2.25. The Hall–Kier alpha value is -1.36. The fourth-order valence-electron chi connectivity index (χ4n) is 1.88. The molecule has 0 atom stereocenters. The molecule has 1 saturated heterocycles. The van der Waals surface area contributed by atoms with Crippen LogP contribution in [0.25, 0.3) is 0 Å². The van der Waals surface area contributed by atoms with Crippen molar-refractivity contribution in [3.63, 3.8) is 0 Å². The Bertz CT molecular complexity index is 392. The number of hydrogen-bond donors (Lipinski definition) is 1. The molecule has 90 valence electrons. The average molecular weight is 233 g/mol. The molecule has 1 aromatic carbocycles. The van der Waals surface area contributed by atoms with E-state index in [-0.39, 0.29) is 6.10 Å². The molecular formula is C12H16BNO3. The summed E-state index contributed by atoms with van der Waals surface area (Å²) in [6, 6.07) is 3.39. The first-order valence-electron chi connectivity index (χ1n) is 5.68. The molecular weight excluding hydrogens is 217 g/mol. The van der Waals surface area contributed by atoms with E-state index < -0.39 is 0 Å². The predicted molar refractivity (Wildman–Crippen MR) is 67.3 cm³/mol. The highest BCUT2D eigenvalue weighted by Gasteiger charge is 2.19. The van der Waals surface area contributed by atoms with E-state index >= 15 is 0 Å². The minimum absolute atomic E-state index is 0.128. The van der Waals surface area contributed by atoms with Gasteiger partial charge in [-0.25, -0.2) is 0 Å². The molecule has 2 radical (unpaired) electrons. The summed E-state index contributed by atoms with van der Waals surface area (Å²) in [6.45, 7) is 1.45. The molecule has 1 aliphatic rings. The van der Waals surface area contributed by atoms with Crippen molar-refractivity contribution in [1.29, 1.82) is 0 Å². The zero-order valence-electron chi connectivity index (χ0n) is 9.94. The normalized spacial score (nSPS) is 16.8. The number of benzene rings is 1. The Morgan fingerprint density at radius 2 is 2.06 bits per heavy atom. The zero-order valence-corrected chi connectivity index (χ0v) is 9.94. The highest BCUT2D eigenvalue weighted by atomic mass is 16.5. The molecule has 5 heteroatoms. The Balaban J connectivity index is 2.18. The molecule has 1 fully saturated rings. The van der Waals surface area contributed by atoms with Crippen molar-refractivity contribution in [2.45, 2.75) is 18.9 Å². The smallest absolute Gasteiger partial charge is 0.184 e. The van der Waals surface area contributed by atoms with Crippen LogP contribution in [0.4, 0.5) is 5.69 Å². The van der Waals surface area contributed by atoms with E-state index in [1.807, 2.05) is 0 Å². The van der Waals surface area contributed by atoms with Crippen molar-refractivity contribution in [2.75, 3.05) is 26.1 Å². The molecule has 0 bridgehead atoms. The van der Waals surface area contributed by atoms with Gasteiger partial charge in [-0.3, -0.25) is 0 Å². The van der Waals surface area contributed by atoms with E-state index in [2.05, 4.69) is 0 Å². The van der Waals surface area contributed by atoms with E-state index in [0.29, 0.717) is 22.6 Å². The Labute approximate surface area is 102 Å². The largest absolute Gasteiger partial charge is 0.493 e. The van der Waals surface area contributed by atoms with Gasteiger partial charge < -0.3 is 19.9 Å². The molecule has 0 aromatic heterocycles. The molecule has 0 aliphatic carbocycles. The molecule has 1 aliphatic heterocycles. The molecule has 0 unspecified atom stereocenters.